The molecule has 2 N–H and O–H groups in total. The minimum Gasteiger partial charge on any atom is -0.399 e. The van der Waals surface area contributed by atoms with Crippen LogP contribution in [0.5, 0.6) is 0 Å². The van der Waals surface area contributed by atoms with Crippen molar-refractivity contribution in [3.05, 3.63) is 27.7 Å². The Hall–Kier alpha value is -0.580. The van der Waals surface area contributed by atoms with Crippen molar-refractivity contribution in [2.75, 3.05) is 18.0 Å². The molecule has 0 radical (unpaired) electrons. The van der Waals surface area contributed by atoms with Gasteiger partial charge in [-0.15, -0.1) is 0 Å². The Bertz CT molecular complexity index is 510. The van der Waals surface area contributed by atoms with E-state index in [-0.39, 0.29) is 17.0 Å². The van der Waals surface area contributed by atoms with Gasteiger partial charge in [0.25, 0.3) is 5.91 Å². The van der Waals surface area contributed by atoms with E-state index in [1.165, 1.54) is 0 Å². The average Bonchev–Trinajstić information content (AvgIpc) is 2.36. The normalized spacial score (nSPS) is 23.5. The second-order valence-corrected chi connectivity index (χ2v) is 6.95. The number of hydrogen-bond acceptors (Lipinski definition) is 3. The largest absolute Gasteiger partial charge is 0.399 e. The Kier molecular flexibility index (Phi) is 4.54. The van der Waals surface area contributed by atoms with Gasteiger partial charge in [0.1, 0.15) is 0 Å². The lowest BCUT2D eigenvalue weighted by molar-refractivity contribution is 0.0698. The Balaban J connectivity index is 2.34. The van der Waals surface area contributed by atoms with Gasteiger partial charge in [0.15, 0.2) is 0 Å². The molecule has 2 unspecified atom stereocenters. The van der Waals surface area contributed by atoms with Crippen molar-refractivity contribution in [1.29, 1.82) is 0 Å². The van der Waals surface area contributed by atoms with Gasteiger partial charge in [0.05, 0.1) is 15.6 Å². The highest BCUT2D eigenvalue weighted by molar-refractivity contribution is 8.00. The average molecular weight is 319 g/mol. The second kappa shape index (κ2) is 5.81. The molecule has 0 aliphatic carbocycles. The number of benzene rings is 1. The fourth-order valence-electron chi connectivity index (χ4n) is 2.14. The van der Waals surface area contributed by atoms with Crippen LogP contribution in [-0.2, 0) is 0 Å². The molecular weight excluding hydrogens is 303 g/mol. The fourth-order valence-corrected chi connectivity index (χ4v) is 3.66. The number of hydrogen-bond donors (Lipinski definition) is 1. The van der Waals surface area contributed by atoms with Crippen LogP contribution in [0, 0.1) is 0 Å². The SMILES string of the molecule is CC1SCCN(C(=O)c2cc(N)cc(Cl)c2Cl)C1C. The molecule has 104 valence electrons. The molecule has 0 saturated carbocycles. The third-order valence-electron chi connectivity index (χ3n) is 3.43. The summed E-state index contributed by atoms with van der Waals surface area (Å²) in [5, 5.41) is 1.00. The first kappa shape index (κ1) is 14.8. The van der Waals surface area contributed by atoms with Gasteiger partial charge in [-0.3, -0.25) is 4.79 Å². The van der Waals surface area contributed by atoms with E-state index >= 15 is 0 Å². The molecule has 1 aromatic rings. The molecule has 1 amide bonds. The molecule has 0 aromatic heterocycles. The van der Waals surface area contributed by atoms with Crippen molar-refractivity contribution in [2.24, 2.45) is 0 Å². The number of thioether (sulfide) groups is 1. The quantitative estimate of drug-likeness (QED) is 0.805. The Labute approximate surface area is 127 Å². The summed E-state index contributed by atoms with van der Waals surface area (Å²) in [6.45, 7) is 4.90. The standard InChI is InChI=1S/C13H16Cl2N2OS/c1-7-8(2)19-4-3-17(7)13(18)10-5-9(16)6-11(14)12(10)15/h5-8H,3-4,16H2,1-2H3. The van der Waals surface area contributed by atoms with E-state index in [4.69, 9.17) is 28.9 Å². The van der Waals surface area contributed by atoms with Crippen molar-refractivity contribution in [3.63, 3.8) is 0 Å². The maximum Gasteiger partial charge on any atom is 0.255 e. The zero-order valence-electron chi connectivity index (χ0n) is 10.8. The van der Waals surface area contributed by atoms with Crippen molar-refractivity contribution in [2.45, 2.75) is 25.1 Å². The molecule has 3 nitrogen and oxygen atoms in total. The molecule has 1 aromatic carbocycles. The van der Waals surface area contributed by atoms with Crippen molar-refractivity contribution in [1.82, 2.24) is 4.90 Å². The summed E-state index contributed by atoms with van der Waals surface area (Å²) in [5.74, 6) is 0.837. The topological polar surface area (TPSA) is 46.3 Å². The number of carbonyl (C=O) groups excluding carboxylic acids is 1. The first-order valence-electron chi connectivity index (χ1n) is 6.09. The second-order valence-electron chi connectivity index (χ2n) is 4.68. The number of nitrogens with zero attached hydrogens (tertiary/aromatic N) is 1. The van der Waals surface area contributed by atoms with Gasteiger partial charge >= 0.3 is 0 Å². The van der Waals surface area contributed by atoms with Gasteiger partial charge in [-0.1, -0.05) is 30.1 Å². The van der Waals surface area contributed by atoms with E-state index in [2.05, 4.69) is 13.8 Å². The van der Waals surface area contributed by atoms with Gasteiger partial charge in [-0.05, 0) is 19.1 Å². The fraction of sp³-hybridized carbons (Fsp3) is 0.462. The third kappa shape index (κ3) is 2.96. The van der Waals surface area contributed by atoms with Crippen LogP contribution in [0.15, 0.2) is 12.1 Å². The predicted molar refractivity (Wildman–Crippen MR) is 83.3 cm³/mol. The van der Waals surface area contributed by atoms with E-state index in [1.54, 1.807) is 12.1 Å². The number of halogens is 2. The molecule has 2 rings (SSSR count). The van der Waals surface area contributed by atoms with Crippen LogP contribution >= 0.6 is 35.0 Å². The molecular formula is C13H16Cl2N2OS. The highest BCUT2D eigenvalue weighted by Gasteiger charge is 2.30. The Morgan fingerprint density at radius 1 is 1.42 bits per heavy atom. The lowest BCUT2D eigenvalue weighted by atomic mass is 10.1. The van der Waals surface area contributed by atoms with Crippen LogP contribution in [0.3, 0.4) is 0 Å². The Morgan fingerprint density at radius 2 is 2.11 bits per heavy atom. The van der Waals surface area contributed by atoms with Crippen LogP contribution in [0.1, 0.15) is 24.2 Å². The van der Waals surface area contributed by atoms with Gasteiger partial charge in [-0.2, -0.15) is 11.8 Å². The van der Waals surface area contributed by atoms with Crippen molar-refractivity contribution >= 4 is 46.6 Å². The van der Waals surface area contributed by atoms with E-state index < -0.39 is 0 Å². The number of nitrogens with two attached hydrogens (primary N) is 1. The maximum absolute atomic E-state index is 12.6. The molecule has 0 spiro atoms. The van der Waals surface area contributed by atoms with Crippen LogP contribution in [0.4, 0.5) is 5.69 Å². The zero-order chi connectivity index (χ0) is 14.2. The van der Waals surface area contributed by atoms with E-state index in [9.17, 15) is 4.79 Å². The van der Waals surface area contributed by atoms with Crippen LogP contribution in [-0.4, -0.2) is 34.4 Å². The molecule has 1 saturated heterocycles. The summed E-state index contributed by atoms with van der Waals surface area (Å²) >= 11 is 14.0. The number of anilines is 1. The summed E-state index contributed by atoms with van der Waals surface area (Å²) < 4.78 is 0. The summed E-state index contributed by atoms with van der Waals surface area (Å²) in [5.41, 5.74) is 6.58. The number of carbonyl (C=O) groups is 1. The van der Waals surface area contributed by atoms with Gasteiger partial charge < -0.3 is 10.6 Å². The Morgan fingerprint density at radius 3 is 2.79 bits per heavy atom. The van der Waals surface area contributed by atoms with E-state index in [1.807, 2.05) is 16.7 Å². The van der Waals surface area contributed by atoms with E-state index in [0.717, 1.165) is 12.3 Å². The lowest BCUT2D eigenvalue weighted by Gasteiger charge is -2.37. The molecule has 1 aliphatic rings. The molecule has 1 aliphatic heterocycles. The minimum absolute atomic E-state index is 0.0983. The molecule has 19 heavy (non-hydrogen) atoms. The highest BCUT2D eigenvalue weighted by Crippen LogP contribution is 2.32. The van der Waals surface area contributed by atoms with E-state index in [0.29, 0.717) is 21.5 Å². The molecule has 2 atom stereocenters. The first-order valence-corrected chi connectivity index (χ1v) is 7.89. The third-order valence-corrected chi connectivity index (χ3v) is 5.57. The smallest absolute Gasteiger partial charge is 0.255 e. The van der Waals surface area contributed by atoms with Gasteiger partial charge in [-0.25, -0.2) is 0 Å². The van der Waals surface area contributed by atoms with Gasteiger partial charge in [0.2, 0.25) is 0 Å². The van der Waals surface area contributed by atoms with Crippen LogP contribution in [0.2, 0.25) is 10.0 Å². The maximum atomic E-state index is 12.6. The predicted octanol–water partition coefficient (Wildman–Crippen LogP) is 3.54. The summed E-state index contributed by atoms with van der Waals surface area (Å²) in [6, 6.07) is 3.32. The lowest BCUT2D eigenvalue weighted by Crippen LogP contribution is -2.48. The summed E-state index contributed by atoms with van der Waals surface area (Å²) in [7, 11) is 0. The van der Waals surface area contributed by atoms with Crippen LogP contribution in [0.25, 0.3) is 0 Å². The first-order chi connectivity index (χ1) is 8.91. The number of nitrogen functional groups attached to an aromatic ring is 1. The zero-order valence-corrected chi connectivity index (χ0v) is 13.1. The van der Waals surface area contributed by atoms with Gasteiger partial charge in [0, 0.05) is 29.3 Å². The number of rotatable bonds is 1. The van der Waals surface area contributed by atoms with Crippen molar-refractivity contribution in [3.8, 4) is 0 Å². The monoisotopic (exact) mass is 318 g/mol. The summed E-state index contributed by atoms with van der Waals surface area (Å²) in [4.78, 5) is 14.4. The molecule has 1 heterocycles. The molecule has 0 bridgehead atoms. The number of amides is 1. The van der Waals surface area contributed by atoms with Crippen LogP contribution < -0.4 is 5.73 Å². The molecule has 1 fully saturated rings. The summed E-state index contributed by atoms with van der Waals surface area (Å²) in [6.07, 6.45) is 0. The molecule has 6 heteroatoms. The minimum atomic E-state index is -0.0983. The van der Waals surface area contributed by atoms with Crippen molar-refractivity contribution < 1.29 is 4.79 Å². The highest BCUT2D eigenvalue weighted by atomic mass is 35.5.